The van der Waals surface area contributed by atoms with Gasteiger partial charge in [0, 0.05) is 42.6 Å². The van der Waals surface area contributed by atoms with Gasteiger partial charge in [0.2, 0.25) is 5.91 Å². The first-order chi connectivity index (χ1) is 13.8. The third-order valence-electron chi connectivity index (χ3n) is 3.47. The first kappa shape index (κ1) is 30.6. The molecule has 0 aliphatic rings. The van der Waals surface area contributed by atoms with Crippen LogP contribution in [0.3, 0.4) is 0 Å². The highest BCUT2D eigenvalue weighted by molar-refractivity contribution is 5.83. The van der Waals surface area contributed by atoms with Crippen LogP contribution < -0.4 is 0 Å². The smallest absolute Gasteiger partial charge is 0.338 e. The lowest BCUT2D eigenvalue weighted by Gasteiger charge is -2.15. The van der Waals surface area contributed by atoms with E-state index in [-0.39, 0.29) is 32.2 Å². The first-order valence-corrected chi connectivity index (χ1v) is 9.11. The number of aliphatic carboxylic acids is 1. The van der Waals surface area contributed by atoms with Gasteiger partial charge in [-0.1, -0.05) is 35.6 Å². The van der Waals surface area contributed by atoms with E-state index in [4.69, 9.17) is 5.11 Å². The quantitative estimate of drug-likeness (QED) is 0.534. The fraction of sp³-hybridized carbons (Fsp3) is 0.455. The molecule has 0 bridgehead atoms. The molecule has 0 spiro atoms. The number of rotatable bonds is 0. The van der Waals surface area contributed by atoms with Crippen molar-refractivity contribution in [2.75, 3.05) is 0 Å². The van der Waals surface area contributed by atoms with Crippen molar-refractivity contribution in [1.29, 1.82) is 0 Å². The van der Waals surface area contributed by atoms with Crippen LogP contribution in [-0.4, -0.2) is 51.7 Å². The van der Waals surface area contributed by atoms with Crippen molar-refractivity contribution in [2.24, 2.45) is 10.8 Å². The van der Waals surface area contributed by atoms with Crippen LogP contribution in [0.15, 0.2) is 56.2 Å². The number of nitrogens with zero attached hydrogens (tertiary/aromatic N) is 6. The maximum Gasteiger partial charge on any atom is 0.338 e. The highest BCUT2D eigenvalue weighted by Crippen LogP contribution is 2.15. The van der Waals surface area contributed by atoms with Gasteiger partial charge >= 0.3 is 12.0 Å². The average Bonchev–Trinajstić information content (AvgIpc) is 3.44. The van der Waals surface area contributed by atoms with Crippen LogP contribution in [0.4, 0.5) is 4.79 Å². The number of carboxylic acids is 1. The molecule has 0 amide bonds. The van der Waals surface area contributed by atoms with E-state index in [1.54, 1.807) is 58.0 Å². The van der Waals surface area contributed by atoms with Crippen molar-refractivity contribution in [2.45, 2.75) is 56.4 Å². The minimum atomic E-state index is -0.757. The Morgan fingerprint density at radius 1 is 0.656 bits per heavy atom. The SMILES string of the molecule is C.C.CC(C)(C)C(=O)O.CC(C)(C)C(=O)n1ccnc1.O=C(n1ccnc1)n1ccnc1. The Kier molecular flexibility index (Phi) is 12.4. The van der Waals surface area contributed by atoms with Crippen molar-refractivity contribution in [1.82, 2.24) is 28.7 Å². The lowest BCUT2D eigenvalue weighted by Crippen LogP contribution is -2.25. The van der Waals surface area contributed by atoms with Gasteiger partial charge in [0.25, 0.3) is 0 Å². The summed E-state index contributed by atoms with van der Waals surface area (Å²) in [6, 6.07) is -0.190. The molecule has 0 saturated carbocycles. The molecule has 10 nitrogen and oxygen atoms in total. The third-order valence-corrected chi connectivity index (χ3v) is 3.47. The van der Waals surface area contributed by atoms with Gasteiger partial charge in [0.1, 0.15) is 19.0 Å². The Morgan fingerprint density at radius 2 is 0.969 bits per heavy atom. The molecule has 0 fully saturated rings. The number of carboxylic acid groups (broad SMARTS) is 1. The maximum absolute atomic E-state index is 11.5. The van der Waals surface area contributed by atoms with Crippen LogP contribution in [0.5, 0.6) is 0 Å². The van der Waals surface area contributed by atoms with Crippen molar-refractivity contribution in [3.05, 3.63) is 56.2 Å². The van der Waals surface area contributed by atoms with E-state index in [0.717, 1.165) is 0 Å². The van der Waals surface area contributed by atoms with Gasteiger partial charge in [0.05, 0.1) is 5.41 Å². The molecule has 1 N–H and O–H groups in total. The van der Waals surface area contributed by atoms with Gasteiger partial charge < -0.3 is 5.11 Å². The maximum atomic E-state index is 11.5. The lowest BCUT2D eigenvalue weighted by atomic mass is 9.96. The summed E-state index contributed by atoms with van der Waals surface area (Å²) >= 11 is 0. The van der Waals surface area contributed by atoms with Gasteiger partial charge in [-0.2, -0.15) is 0 Å². The van der Waals surface area contributed by atoms with E-state index in [0.29, 0.717) is 0 Å². The van der Waals surface area contributed by atoms with E-state index in [1.165, 1.54) is 32.7 Å². The second kappa shape index (κ2) is 13.0. The minimum absolute atomic E-state index is 0. The molecule has 3 heterocycles. The van der Waals surface area contributed by atoms with Gasteiger partial charge in [-0.25, -0.2) is 19.7 Å². The van der Waals surface area contributed by atoms with E-state index in [9.17, 15) is 14.4 Å². The van der Waals surface area contributed by atoms with Crippen molar-refractivity contribution >= 4 is 17.9 Å². The molecule has 0 radical (unpaired) electrons. The molecule has 178 valence electrons. The van der Waals surface area contributed by atoms with Crippen molar-refractivity contribution in [3.8, 4) is 0 Å². The summed E-state index contributed by atoms with van der Waals surface area (Å²) in [5.74, 6) is -0.692. The molecule has 0 saturated heterocycles. The predicted octanol–water partition coefficient (Wildman–Crippen LogP) is 4.55. The Hall–Kier alpha value is -3.56. The molecule has 0 aliphatic carbocycles. The Bertz CT molecular complexity index is 880. The zero-order chi connectivity index (χ0) is 22.9. The zero-order valence-electron chi connectivity index (χ0n) is 18.1. The highest BCUT2D eigenvalue weighted by atomic mass is 16.4. The van der Waals surface area contributed by atoms with E-state index >= 15 is 0 Å². The van der Waals surface area contributed by atoms with Crippen LogP contribution >= 0.6 is 0 Å². The Balaban J connectivity index is 0. The lowest BCUT2D eigenvalue weighted by molar-refractivity contribution is -0.145. The second-order valence-electron chi connectivity index (χ2n) is 8.30. The standard InChI is InChI=1S/C8H12N2O.C7H6N4O.C5H10O2.2CH4/c1-8(2,3)7(11)10-5-4-9-6-10;12-7(10-3-1-8-5-10)11-4-2-9-6-11;1-5(2,3)4(6)7;;/h4-6H,1-3H3;1-6H;1-3H3,(H,6,7);2*1H4. The molecular formula is C22H36N6O4. The highest BCUT2D eigenvalue weighted by Gasteiger charge is 2.22. The van der Waals surface area contributed by atoms with Gasteiger partial charge in [-0.3, -0.25) is 23.3 Å². The monoisotopic (exact) mass is 448 g/mol. The normalized spacial score (nSPS) is 10.2. The number of aromatic nitrogens is 6. The summed E-state index contributed by atoms with van der Waals surface area (Å²) in [5, 5.41) is 8.25. The second-order valence-corrected chi connectivity index (χ2v) is 8.30. The number of hydrogen-bond donors (Lipinski definition) is 1. The minimum Gasteiger partial charge on any atom is -0.481 e. The fourth-order valence-corrected chi connectivity index (χ4v) is 1.64. The number of carbonyl (C=O) groups excluding carboxylic acids is 2. The largest absolute Gasteiger partial charge is 0.481 e. The summed E-state index contributed by atoms with van der Waals surface area (Å²) in [6.07, 6.45) is 13.9. The molecule has 0 atom stereocenters. The molecular weight excluding hydrogens is 412 g/mol. The fourth-order valence-electron chi connectivity index (χ4n) is 1.64. The molecule has 3 aromatic heterocycles. The molecule has 0 unspecified atom stereocenters. The van der Waals surface area contributed by atoms with E-state index in [2.05, 4.69) is 15.0 Å². The molecule has 3 aromatic rings. The summed E-state index contributed by atoms with van der Waals surface area (Å²) in [4.78, 5) is 44.2. The average molecular weight is 449 g/mol. The van der Waals surface area contributed by atoms with Gasteiger partial charge in [-0.15, -0.1) is 0 Å². The van der Waals surface area contributed by atoms with Gasteiger partial charge in [-0.05, 0) is 20.8 Å². The van der Waals surface area contributed by atoms with Crippen LogP contribution in [0.1, 0.15) is 61.2 Å². The summed E-state index contributed by atoms with van der Waals surface area (Å²) in [7, 11) is 0. The first-order valence-electron chi connectivity index (χ1n) is 9.11. The van der Waals surface area contributed by atoms with Crippen LogP contribution in [0.2, 0.25) is 0 Å². The molecule has 3 rings (SSSR count). The number of hydrogen-bond acceptors (Lipinski definition) is 6. The summed E-state index contributed by atoms with van der Waals surface area (Å²) in [6.45, 7) is 10.6. The topological polar surface area (TPSA) is 125 Å². The zero-order valence-corrected chi connectivity index (χ0v) is 18.1. The van der Waals surface area contributed by atoms with Crippen molar-refractivity contribution < 1.29 is 19.5 Å². The summed E-state index contributed by atoms with van der Waals surface area (Å²) in [5.41, 5.74) is -0.916. The molecule has 32 heavy (non-hydrogen) atoms. The molecule has 10 heteroatoms. The van der Waals surface area contributed by atoms with Crippen LogP contribution in [0.25, 0.3) is 0 Å². The number of carbonyl (C=O) groups is 3. The van der Waals surface area contributed by atoms with E-state index in [1.807, 2.05) is 20.8 Å². The van der Waals surface area contributed by atoms with Gasteiger partial charge in [0.15, 0.2) is 0 Å². The number of imidazole rings is 3. The van der Waals surface area contributed by atoms with Crippen molar-refractivity contribution in [3.63, 3.8) is 0 Å². The molecule has 0 aliphatic heterocycles. The summed E-state index contributed by atoms with van der Waals surface area (Å²) < 4.78 is 4.25. The Labute approximate surface area is 190 Å². The Morgan fingerprint density at radius 3 is 1.19 bits per heavy atom. The van der Waals surface area contributed by atoms with Crippen LogP contribution in [-0.2, 0) is 4.79 Å². The predicted molar refractivity (Wildman–Crippen MR) is 124 cm³/mol. The van der Waals surface area contributed by atoms with Crippen LogP contribution in [0, 0.1) is 10.8 Å². The molecule has 0 aromatic carbocycles. The third kappa shape index (κ3) is 9.96. The van der Waals surface area contributed by atoms with E-state index < -0.39 is 11.4 Å².